The van der Waals surface area contributed by atoms with Crippen LogP contribution in [0.2, 0.25) is 0 Å². The molecule has 0 atom stereocenters. The van der Waals surface area contributed by atoms with Gasteiger partial charge < -0.3 is 9.80 Å². The normalized spacial score (nSPS) is 15.6. The molecular weight excluding hydrogens is 244 g/mol. The Hall–Kier alpha value is -2.44. The Morgan fingerprint density at radius 2 is 1.89 bits per heavy atom. The number of rotatable bonds is 2. The number of piperazine rings is 1. The van der Waals surface area contributed by atoms with Crippen molar-refractivity contribution in [2.45, 2.75) is 0 Å². The summed E-state index contributed by atoms with van der Waals surface area (Å²) in [5, 5.41) is 7.62. The van der Waals surface area contributed by atoms with Crippen LogP contribution in [0.25, 0.3) is 0 Å². The minimum absolute atomic E-state index is 0.225. The highest BCUT2D eigenvalue weighted by atomic mass is 16.1. The minimum Gasteiger partial charge on any atom is -0.353 e. The van der Waals surface area contributed by atoms with Gasteiger partial charge in [0.15, 0.2) is 0 Å². The van der Waals surface area contributed by atoms with Crippen molar-refractivity contribution in [1.29, 1.82) is 0 Å². The summed E-state index contributed by atoms with van der Waals surface area (Å²) in [7, 11) is 0. The maximum absolute atomic E-state index is 11.2. The summed E-state index contributed by atoms with van der Waals surface area (Å²) in [6.45, 7) is 3.25. The van der Waals surface area contributed by atoms with Crippen LogP contribution < -0.4 is 15.4 Å². The molecule has 0 aromatic carbocycles. The van der Waals surface area contributed by atoms with Gasteiger partial charge in [0.05, 0.1) is 0 Å². The van der Waals surface area contributed by atoms with E-state index in [-0.39, 0.29) is 5.56 Å². The molecule has 1 fully saturated rings. The van der Waals surface area contributed by atoms with Crippen molar-refractivity contribution in [3.05, 3.63) is 40.9 Å². The van der Waals surface area contributed by atoms with Crippen LogP contribution in [0.4, 0.5) is 11.8 Å². The number of nitrogens with zero attached hydrogens (tertiary/aromatic N) is 5. The van der Waals surface area contributed by atoms with Gasteiger partial charge in [-0.15, -0.1) is 10.2 Å². The fourth-order valence-electron chi connectivity index (χ4n) is 2.13. The van der Waals surface area contributed by atoms with Gasteiger partial charge in [-0.2, -0.15) is 0 Å². The maximum atomic E-state index is 11.2. The number of aromatic nitrogens is 4. The molecule has 0 amide bonds. The Kier molecular flexibility index (Phi) is 3.09. The van der Waals surface area contributed by atoms with Gasteiger partial charge in [-0.25, -0.2) is 4.98 Å². The molecule has 7 heteroatoms. The van der Waals surface area contributed by atoms with Crippen LogP contribution in [0.15, 0.2) is 35.4 Å². The zero-order chi connectivity index (χ0) is 13.1. The van der Waals surface area contributed by atoms with E-state index in [4.69, 9.17) is 0 Å². The smallest absolute Gasteiger partial charge is 0.271 e. The van der Waals surface area contributed by atoms with E-state index < -0.39 is 0 Å². The zero-order valence-corrected chi connectivity index (χ0v) is 10.4. The van der Waals surface area contributed by atoms with Crippen LogP contribution in [0.1, 0.15) is 0 Å². The van der Waals surface area contributed by atoms with Gasteiger partial charge in [-0.1, -0.05) is 6.07 Å². The van der Waals surface area contributed by atoms with Crippen molar-refractivity contribution in [3.8, 4) is 0 Å². The van der Waals surface area contributed by atoms with E-state index in [1.54, 1.807) is 6.20 Å². The van der Waals surface area contributed by atoms with Crippen molar-refractivity contribution in [2.24, 2.45) is 0 Å². The quantitative estimate of drug-likeness (QED) is 0.809. The third-order valence-electron chi connectivity index (χ3n) is 3.11. The average Bonchev–Trinajstić information content (AvgIpc) is 2.48. The zero-order valence-electron chi connectivity index (χ0n) is 10.4. The van der Waals surface area contributed by atoms with Gasteiger partial charge in [0, 0.05) is 32.4 Å². The first-order valence-corrected chi connectivity index (χ1v) is 6.16. The van der Waals surface area contributed by atoms with E-state index in [2.05, 4.69) is 25.1 Å². The second-order valence-corrected chi connectivity index (χ2v) is 4.32. The number of hydrogen-bond acceptors (Lipinski definition) is 6. The van der Waals surface area contributed by atoms with Crippen molar-refractivity contribution >= 4 is 11.8 Å². The second kappa shape index (κ2) is 5.05. The summed E-state index contributed by atoms with van der Waals surface area (Å²) < 4.78 is 0. The van der Waals surface area contributed by atoms with E-state index in [9.17, 15) is 4.79 Å². The van der Waals surface area contributed by atoms with Crippen molar-refractivity contribution in [1.82, 2.24) is 20.2 Å². The topological polar surface area (TPSA) is 78.0 Å². The van der Waals surface area contributed by atoms with Gasteiger partial charge in [-0.3, -0.25) is 9.78 Å². The molecule has 1 saturated heterocycles. The van der Waals surface area contributed by atoms with Gasteiger partial charge in [-0.05, 0) is 12.1 Å². The monoisotopic (exact) mass is 258 g/mol. The molecule has 0 spiro atoms. The summed E-state index contributed by atoms with van der Waals surface area (Å²) in [6.07, 6.45) is 2.97. The Balaban J connectivity index is 1.68. The molecule has 0 aliphatic carbocycles. The third kappa shape index (κ3) is 2.54. The maximum Gasteiger partial charge on any atom is 0.271 e. The average molecular weight is 258 g/mol. The van der Waals surface area contributed by atoms with Crippen LogP contribution in [0.3, 0.4) is 0 Å². The highest BCUT2D eigenvalue weighted by molar-refractivity contribution is 5.41. The summed E-state index contributed by atoms with van der Waals surface area (Å²) >= 11 is 0. The van der Waals surface area contributed by atoms with Gasteiger partial charge in [0.25, 0.3) is 5.56 Å². The molecule has 98 valence electrons. The summed E-state index contributed by atoms with van der Waals surface area (Å²) in [4.78, 5) is 22.5. The molecule has 3 rings (SSSR count). The fraction of sp³-hybridized carbons (Fsp3) is 0.333. The van der Waals surface area contributed by atoms with Crippen LogP contribution in [0, 0.1) is 0 Å². The molecular formula is C12H14N6O. The molecule has 7 nitrogen and oxygen atoms in total. The predicted molar refractivity (Wildman–Crippen MR) is 71.3 cm³/mol. The lowest BCUT2D eigenvalue weighted by Crippen LogP contribution is -2.47. The first kappa shape index (κ1) is 11.6. The first-order valence-electron chi connectivity index (χ1n) is 6.16. The van der Waals surface area contributed by atoms with Crippen LogP contribution in [0.5, 0.6) is 0 Å². The summed E-state index contributed by atoms with van der Waals surface area (Å²) in [5.74, 6) is 1.52. The second-order valence-electron chi connectivity index (χ2n) is 4.32. The van der Waals surface area contributed by atoms with E-state index in [0.717, 1.165) is 32.0 Å². The molecule has 0 saturated carbocycles. The summed E-state index contributed by atoms with van der Waals surface area (Å²) in [5.41, 5.74) is -0.225. The highest BCUT2D eigenvalue weighted by Crippen LogP contribution is 2.14. The largest absolute Gasteiger partial charge is 0.353 e. The first-order chi connectivity index (χ1) is 9.33. The number of H-pyrrole nitrogens is 1. The lowest BCUT2D eigenvalue weighted by molar-refractivity contribution is 0.628. The molecule has 2 aromatic heterocycles. The molecule has 0 unspecified atom stereocenters. The van der Waals surface area contributed by atoms with Gasteiger partial charge in [0.1, 0.15) is 12.0 Å². The molecule has 19 heavy (non-hydrogen) atoms. The predicted octanol–water partition coefficient (Wildman–Crippen LogP) is -0.114. The molecule has 1 aliphatic rings. The Morgan fingerprint density at radius 3 is 2.58 bits per heavy atom. The van der Waals surface area contributed by atoms with Crippen LogP contribution in [-0.4, -0.2) is 46.3 Å². The number of anilines is 2. The Labute approximate surface area is 109 Å². The number of hydrogen-bond donors (Lipinski definition) is 1. The lowest BCUT2D eigenvalue weighted by atomic mass is 10.3. The van der Waals surface area contributed by atoms with E-state index in [0.29, 0.717) is 5.95 Å². The molecule has 0 radical (unpaired) electrons. The number of pyridine rings is 1. The number of nitrogens with one attached hydrogen (secondary N) is 1. The van der Waals surface area contributed by atoms with Gasteiger partial charge >= 0.3 is 0 Å². The fourth-order valence-corrected chi connectivity index (χ4v) is 2.13. The van der Waals surface area contributed by atoms with Gasteiger partial charge in [0.2, 0.25) is 5.95 Å². The van der Waals surface area contributed by atoms with E-state index in [1.807, 2.05) is 23.1 Å². The van der Waals surface area contributed by atoms with E-state index in [1.165, 1.54) is 6.20 Å². The lowest BCUT2D eigenvalue weighted by Gasteiger charge is -2.35. The van der Waals surface area contributed by atoms with Crippen LogP contribution in [-0.2, 0) is 0 Å². The molecule has 3 heterocycles. The Bertz CT molecular complexity index is 590. The molecule has 0 bridgehead atoms. The minimum atomic E-state index is -0.225. The highest BCUT2D eigenvalue weighted by Gasteiger charge is 2.19. The molecule has 2 aromatic rings. The standard InChI is InChI=1S/C12H14N6O/c19-11-9-14-16-12(15-11)18-7-5-17(6-8-18)10-3-1-2-4-13-10/h1-4,9H,5-8H2,(H,15,16,19). The van der Waals surface area contributed by atoms with Crippen molar-refractivity contribution in [2.75, 3.05) is 36.0 Å². The van der Waals surface area contributed by atoms with Crippen molar-refractivity contribution in [3.63, 3.8) is 0 Å². The third-order valence-corrected chi connectivity index (χ3v) is 3.11. The molecule has 1 N–H and O–H groups in total. The Morgan fingerprint density at radius 1 is 1.11 bits per heavy atom. The number of aromatic amines is 1. The SMILES string of the molecule is O=c1cnnc(N2CCN(c3ccccn3)CC2)[nH]1. The van der Waals surface area contributed by atoms with Crippen LogP contribution >= 0.6 is 0 Å². The molecule has 1 aliphatic heterocycles. The summed E-state index contributed by atoms with van der Waals surface area (Å²) in [6, 6.07) is 5.89. The van der Waals surface area contributed by atoms with E-state index >= 15 is 0 Å². The van der Waals surface area contributed by atoms with Crippen molar-refractivity contribution < 1.29 is 0 Å².